The van der Waals surface area contributed by atoms with Crippen LogP contribution in [0.1, 0.15) is 72.8 Å². The Morgan fingerprint density at radius 3 is 2.13 bits per heavy atom. The summed E-state index contributed by atoms with van der Waals surface area (Å²) >= 11 is 0. The first-order valence-electron chi connectivity index (χ1n) is 15.8. The molecule has 2 aliphatic heterocycles. The van der Waals surface area contributed by atoms with Crippen LogP contribution < -0.4 is 10.6 Å². The molecule has 5 amide bonds. The highest BCUT2D eigenvalue weighted by Gasteiger charge is 2.46. The zero-order valence-electron chi connectivity index (χ0n) is 27.5. The summed E-state index contributed by atoms with van der Waals surface area (Å²) in [6, 6.07) is 3.82. The Morgan fingerprint density at radius 1 is 1.00 bits per heavy atom. The number of rotatable bonds is 10. The smallest absolute Gasteiger partial charge is 0.382 e. The van der Waals surface area contributed by atoms with E-state index >= 15 is 0 Å². The molecular formula is C32H48F3N5O6. The van der Waals surface area contributed by atoms with Gasteiger partial charge in [0.25, 0.3) is 0 Å². The van der Waals surface area contributed by atoms with E-state index in [0.717, 1.165) is 0 Å². The van der Waals surface area contributed by atoms with Gasteiger partial charge in [-0.25, -0.2) is 9.86 Å². The number of likely N-dealkylation sites (tertiary alicyclic amines) is 2. The van der Waals surface area contributed by atoms with Gasteiger partial charge in [-0.15, -0.1) is 0 Å². The molecule has 0 spiro atoms. The second-order valence-electron chi connectivity index (χ2n) is 13.4. The van der Waals surface area contributed by atoms with Crippen LogP contribution in [0.3, 0.4) is 0 Å². The molecule has 2 heterocycles. The van der Waals surface area contributed by atoms with E-state index < -0.39 is 53.9 Å². The summed E-state index contributed by atoms with van der Waals surface area (Å²) in [4.78, 5) is 61.4. The van der Waals surface area contributed by atoms with E-state index in [1.807, 2.05) is 20.8 Å². The van der Waals surface area contributed by atoms with Gasteiger partial charge in [-0.3, -0.25) is 19.2 Å². The van der Waals surface area contributed by atoms with Gasteiger partial charge < -0.3 is 25.5 Å². The summed E-state index contributed by atoms with van der Waals surface area (Å²) in [6.45, 7) is 11.3. The molecule has 0 saturated carbocycles. The molecule has 258 valence electrons. The zero-order valence-corrected chi connectivity index (χ0v) is 27.5. The number of nitrogens with one attached hydrogen (secondary N) is 2. The van der Waals surface area contributed by atoms with Gasteiger partial charge in [-0.05, 0) is 64.4 Å². The number of aliphatic hydroxyl groups is 1. The second-order valence-corrected chi connectivity index (χ2v) is 13.4. The first-order chi connectivity index (χ1) is 21.4. The zero-order chi connectivity index (χ0) is 34.4. The molecule has 0 aliphatic carbocycles. The van der Waals surface area contributed by atoms with Gasteiger partial charge in [-0.2, -0.15) is 13.2 Å². The maximum absolute atomic E-state index is 13.8. The van der Waals surface area contributed by atoms with Crippen LogP contribution in [0.2, 0.25) is 0 Å². The van der Waals surface area contributed by atoms with Crippen molar-refractivity contribution < 1.29 is 42.3 Å². The van der Waals surface area contributed by atoms with Crippen molar-refractivity contribution in [2.75, 3.05) is 19.6 Å². The predicted octanol–water partition coefficient (Wildman–Crippen LogP) is 3.41. The van der Waals surface area contributed by atoms with E-state index in [2.05, 4.69) is 10.6 Å². The number of hydrogen-bond acceptors (Lipinski definition) is 6. The highest BCUT2D eigenvalue weighted by Crippen LogP contribution is 2.26. The number of aliphatic hydroxyl groups excluding tert-OH is 1. The van der Waals surface area contributed by atoms with Crippen molar-refractivity contribution in [1.29, 1.82) is 0 Å². The number of halogens is 3. The van der Waals surface area contributed by atoms with Crippen LogP contribution >= 0.6 is 0 Å². The molecule has 2 saturated heterocycles. The Morgan fingerprint density at radius 2 is 1.61 bits per heavy atom. The molecule has 14 heteroatoms. The molecule has 4 atom stereocenters. The molecule has 0 aromatic heterocycles. The molecule has 46 heavy (non-hydrogen) atoms. The number of urea groups is 1. The lowest BCUT2D eigenvalue weighted by atomic mass is 9.99. The SMILES string of the molecule is CC(=O)N(OC(C)(C)C)C1CCN(C(=O)N[C@H](C(=O)N2CCC[C@H]2C(=O)N[C@@H](Cc2ccccc2)[C@H](O)C(F)(F)F)C(C)C)CC1. The molecule has 1 aromatic carbocycles. The van der Waals surface area contributed by atoms with Crippen molar-refractivity contribution in [3.05, 3.63) is 35.9 Å². The molecule has 1 aromatic rings. The quantitative estimate of drug-likeness (QED) is 0.332. The summed E-state index contributed by atoms with van der Waals surface area (Å²) < 4.78 is 40.6. The number of hydroxylamine groups is 2. The maximum atomic E-state index is 13.8. The predicted molar refractivity (Wildman–Crippen MR) is 164 cm³/mol. The molecule has 0 bridgehead atoms. The average molecular weight is 656 g/mol. The number of benzene rings is 1. The topological polar surface area (TPSA) is 132 Å². The molecule has 0 unspecified atom stereocenters. The van der Waals surface area contributed by atoms with Crippen LogP contribution in [0.5, 0.6) is 0 Å². The van der Waals surface area contributed by atoms with Crippen molar-refractivity contribution >= 4 is 23.8 Å². The third-order valence-corrected chi connectivity index (χ3v) is 8.16. The van der Waals surface area contributed by atoms with E-state index in [0.29, 0.717) is 37.9 Å². The van der Waals surface area contributed by atoms with Crippen LogP contribution in [-0.4, -0.2) is 105 Å². The summed E-state index contributed by atoms with van der Waals surface area (Å²) in [5, 5.41) is 16.6. The van der Waals surface area contributed by atoms with Gasteiger partial charge >= 0.3 is 12.2 Å². The van der Waals surface area contributed by atoms with Gasteiger partial charge in [0.1, 0.15) is 12.1 Å². The Labute approximate surface area is 268 Å². The minimum absolute atomic E-state index is 0.196. The molecule has 2 fully saturated rings. The van der Waals surface area contributed by atoms with Gasteiger partial charge in [0.05, 0.1) is 17.7 Å². The lowest BCUT2D eigenvalue weighted by Crippen LogP contribution is -2.60. The van der Waals surface area contributed by atoms with E-state index in [1.165, 1.54) is 16.9 Å². The Bertz CT molecular complexity index is 1200. The molecule has 2 aliphatic rings. The summed E-state index contributed by atoms with van der Waals surface area (Å²) in [6.07, 6.45) is -6.41. The van der Waals surface area contributed by atoms with E-state index in [-0.39, 0.29) is 37.3 Å². The molecule has 0 radical (unpaired) electrons. The van der Waals surface area contributed by atoms with Gasteiger partial charge in [0.15, 0.2) is 6.10 Å². The van der Waals surface area contributed by atoms with Crippen LogP contribution in [0.15, 0.2) is 30.3 Å². The van der Waals surface area contributed by atoms with Crippen LogP contribution in [-0.2, 0) is 25.6 Å². The number of piperidine rings is 1. The molecular weight excluding hydrogens is 607 g/mol. The van der Waals surface area contributed by atoms with Crippen LogP contribution in [0.4, 0.5) is 18.0 Å². The minimum atomic E-state index is -4.97. The second kappa shape index (κ2) is 15.5. The first kappa shape index (κ1) is 37.1. The highest BCUT2D eigenvalue weighted by atomic mass is 19.4. The van der Waals surface area contributed by atoms with Crippen molar-refractivity contribution in [3.63, 3.8) is 0 Å². The lowest BCUT2D eigenvalue weighted by molar-refractivity contribution is -0.244. The van der Waals surface area contributed by atoms with Crippen molar-refractivity contribution in [1.82, 2.24) is 25.5 Å². The normalized spacial score (nSPS) is 19.8. The Hall–Kier alpha value is -3.39. The summed E-state index contributed by atoms with van der Waals surface area (Å²) in [7, 11) is 0. The third kappa shape index (κ3) is 10.1. The molecule has 11 nitrogen and oxygen atoms in total. The standard InChI is InChI=1S/C32H48F3N5O6/c1-20(2)26(37-30(45)38-17-14-23(15-18-38)40(21(3)41)46-31(4,5)6)29(44)39-16-10-13-25(39)28(43)36-24(27(42)32(33,34)35)19-22-11-8-7-9-12-22/h7-9,11-12,20,23-27,42H,10,13-19H2,1-6H3,(H,36,43)(H,37,45)/t24-,25-,26-,27-/m0/s1. The van der Waals surface area contributed by atoms with E-state index in [1.54, 1.807) is 49.1 Å². The van der Waals surface area contributed by atoms with Gasteiger partial charge in [0, 0.05) is 26.6 Å². The maximum Gasteiger partial charge on any atom is 0.416 e. The number of carbonyl (C=O) groups excluding carboxylic acids is 4. The van der Waals surface area contributed by atoms with Crippen LogP contribution in [0.25, 0.3) is 0 Å². The molecule has 3 N–H and O–H groups in total. The Balaban J connectivity index is 1.66. The number of carbonyl (C=O) groups is 4. The monoisotopic (exact) mass is 655 g/mol. The average Bonchev–Trinajstić information content (AvgIpc) is 3.47. The largest absolute Gasteiger partial charge is 0.416 e. The number of hydrogen-bond donors (Lipinski definition) is 3. The van der Waals surface area contributed by atoms with Gasteiger partial charge in [0.2, 0.25) is 17.7 Å². The van der Waals surface area contributed by atoms with E-state index in [4.69, 9.17) is 4.84 Å². The van der Waals surface area contributed by atoms with Crippen molar-refractivity contribution in [3.8, 4) is 0 Å². The lowest BCUT2D eigenvalue weighted by Gasteiger charge is -2.40. The fourth-order valence-corrected chi connectivity index (χ4v) is 5.83. The number of nitrogens with zero attached hydrogens (tertiary/aromatic N) is 3. The fourth-order valence-electron chi connectivity index (χ4n) is 5.83. The fraction of sp³-hybridized carbons (Fsp3) is 0.688. The van der Waals surface area contributed by atoms with Crippen molar-refractivity contribution in [2.45, 2.75) is 116 Å². The van der Waals surface area contributed by atoms with E-state index in [9.17, 15) is 37.5 Å². The first-order valence-corrected chi connectivity index (χ1v) is 15.8. The highest BCUT2D eigenvalue weighted by molar-refractivity contribution is 5.92. The third-order valence-electron chi connectivity index (χ3n) is 8.16. The van der Waals surface area contributed by atoms with Gasteiger partial charge in [-0.1, -0.05) is 44.2 Å². The summed E-state index contributed by atoms with van der Waals surface area (Å²) in [5.41, 5.74) is -0.0752. The Kier molecular flexibility index (Phi) is 12.5. The number of amides is 5. The van der Waals surface area contributed by atoms with Crippen LogP contribution in [0, 0.1) is 5.92 Å². The molecule has 3 rings (SSSR count). The summed E-state index contributed by atoms with van der Waals surface area (Å²) in [5.74, 6) is -1.89. The van der Waals surface area contributed by atoms with Crippen molar-refractivity contribution in [2.24, 2.45) is 5.92 Å². The number of alkyl halides is 3. The minimum Gasteiger partial charge on any atom is -0.382 e.